The molecule has 0 spiro atoms. The fourth-order valence-corrected chi connectivity index (χ4v) is 3.79. The van der Waals surface area contributed by atoms with Gasteiger partial charge in [-0.2, -0.15) is 0 Å². The number of carbonyl (C=O) groups excluding carboxylic acids is 2. The van der Waals surface area contributed by atoms with Gasteiger partial charge in [-0.15, -0.1) is 0 Å². The average molecular weight is 372 g/mol. The zero-order valence-electron chi connectivity index (χ0n) is 14.7. The van der Waals surface area contributed by atoms with Crippen LogP contribution in [0.1, 0.15) is 41.0 Å². The molecule has 1 unspecified atom stereocenters. The van der Waals surface area contributed by atoms with Gasteiger partial charge in [-0.25, -0.2) is 22.7 Å². The number of esters is 2. The molecular weight excluding hydrogens is 348 g/mol. The largest absolute Gasteiger partial charge is 0.465 e. The Hall–Kier alpha value is -1.97. The first-order valence-electron chi connectivity index (χ1n) is 7.69. The van der Waals surface area contributed by atoms with Gasteiger partial charge in [-0.05, 0) is 30.5 Å². The summed E-state index contributed by atoms with van der Waals surface area (Å²) in [6.45, 7) is 3.98. The first-order chi connectivity index (χ1) is 11.7. The third-order valence-electron chi connectivity index (χ3n) is 3.46. The Morgan fingerprint density at radius 3 is 2.24 bits per heavy atom. The number of ether oxygens (including phenoxy) is 2. The molecule has 0 saturated carbocycles. The standard InChI is InChI=1S/C16H24N2O6S/c1-10(2)7-12(9-17)18-25(21,22)14-8-11(15(19)23-3)5-6-13(14)16(20)24-4/h5-6,8,10,12,18H,7,9,17H2,1-4H3. The fourth-order valence-electron chi connectivity index (χ4n) is 2.31. The van der Waals surface area contributed by atoms with Crippen LogP contribution in [0.4, 0.5) is 0 Å². The quantitative estimate of drug-likeness (QED) is 0.650. The number of sulfonamides is 1. The van der Waals surface area contributed by atoms with Crippen LogP contribution in [0, 0.1) is 5.92 Å². The predicted molar refractivity (Wildman–Crippen MR) is 91.7 cm³/mol. The molecule has 0 radical (unpaired) electrons. The molecule has 3 N–H and O–H groups in total. The van der Waals surface area contributed by atoms with E-state index in [-0.39, 0.29) is 28.5 Å². The van der Waals surface area contributed by atoms with Crippen LogP contribution in [-0.4, -0.2) is 47.2 Å². The second-order valence-electron chi connectivity index (χ2n) is 5.88. The second kappa shape index (κ2) is 8.93. The van der Waals surface area contributed by atoms with Crippen LogP contribution < -0.4 is 10.5 Å². The molecule has 1 rings (SSSR count). The molecule has 25 heavy (non-hydrogen) atoms. The highest BCUT2D eigenvalue weighted by atomic mass is 32.2. The van der Waals surface area contributed by atoms with Crippen molar-refractivity contribution in [2.75, 3.05) is 20.8 Å². The van der Waals surface area contributed by atoms with Gasteiger partial charge in [0, 0.05) is 12.6 Å². The fraction of sp³-hybridized carbons (Fsp3) is 0.500. The lowest BCUT2D eigenvalue weighted by molar-refractivity contribution is 0.0583. The summed E-state index contributed by atoms with van der Waals surface area (Å²) >= 11 is 0. The molecule has 1 aromatic carbocycles. The van der Waals surface area contributed by atoms with Gasteiger partial charge in [-0.1, -0.05) is 13.8 Å². The Morgan fingerprint density at radius 1 is 1.16 bits per heavy atom. The smallest absolute Gasteiger partial charge is 0.339 e. The van der Waals surface area contributed by atoms with Crippen molar-refractivity contribution in [1.82, 2.24) is 4.72 Å². The summed E-state index contributed by atoms with van der Waals surface area (Å²) in [7, 11) is -1.79. The number of hydrogen-bond donors (Lipinski definition) is 2. The van der Waals surface area contributed by atoms with Crippen molar-refractivity contribution in [2.24, 2.45) is 11.7 Å². The molecular formula is C16H24N2O6S. The highest BCUT2D eigenvalue weighted by Gasteiger charge is 2.27. The summed E-state index contributed by atoms with van der Waals surface area (Å²) < 4.78 is 37.2. The molecule has 9 heteroatoms. The van der Waals surface area contributed by atoms with Crippen LogP contribution >= 0.6 is 0 Å². The lowest BCUT2D eigenvalue weighted by Gasteiger charge is -2.20. The minimum Gasteiger partial charge on any atom is -0.465 e. The highest BCUT2D eigenvalue weighted by molar-refractivity contribution is 7.89. The van der Waals surface area contributed by atoms with E-state index in [9.17, 15) is 18.0 Å². The normalized spacial score (nSPS) is 12.7. The van der Waals surface area contributed by atoms with Crippen molar-refractivity contribution >= 4 is 22.0 Å². The summed E-state index contributed by atoms with van der Waals surface area (Å²) in [4.78, 5) is 23.2. The summed E-state index contributed by atoms with van der Waals surface area (Å²) in [6.07, 6.45) is 0.528. The van der Waals surface area contributed by atoms with E-state index in [2.05, 4.69) is 14.2 Å². The molecule has 0 aliphatic rings. The van der Waals surface area contributed by atoms with Gasteiger partial charge in [0.05, 0.1) is 30.2 Å². The van der Waals surface area contributed by atoms with Crippen LogP contribution in [0.25, 0.3) is 0 Å². The third kappa shape index (κ3) is 5.52. The van der Waals surface area contributed by atoms with E-state index >= 15 is 0 Å². The molecule has 0 fully saturated rings. The Morgan fingerprint density at radius 2 is 1.76 bits per heavy atom. The summed E-state index contributed by atoms with van der Waals surface area (Å²) in [5, 5.41) is 0. The van der Waals surface area contributed by atoms with Gasteiger partial charge >= 0.3 is 11.9 Å². The predicted octanol–water partition coefficient (Wildman–Crippen LogP) is 0.912. The molecule has 1 atom stereocenters. The third-order valence-corrected chi connectivity index (χ3v) is 5.02. The van der Waals surface area contributed by atoms with E-state index in [0.29, 0.717) is 6.42 Å². The van der Waals surface area contributed by atoms with Crippen LogP contribution in [0.15, 0.2) is 23.1 Å². The number of benzene rings is 1. The summed E-state index contributed by atoms with van der Waals surface area (Å²) in [6, 6.07) is 3.10. The molecule has 0 aliphatic carbocycles. The Balaban J connectivity index is 3.38. The molecule has 0 heterocycles. The molecule has 1 aromatic rings. The molecule has 0 amide bonds. The maximum absolute atomic E-state index is 12.8. The lowest BCUT2D eigenvalue weighted by atomic mass is 10.1. The average Bonchev–Trinajstić information content (AvgIpc) is 2.58. The molecule has 0 bridgehead atoms. The van der Waals surface area contributed by atoms with Crippen LogP contribution in [0.3, 0.4) is 0 Å². The maximum Gasteiger partial charge on any atom is 0.339 e. The Kier molecular flexibility index (Phi) is 7.53. The minimum atomic E-state index is -4.11. The molecule has 0 aromatic heterocycles. The van der Waals surface area contributed by atoms with Crippen molar-refractivity contribution in [3.05, 3.63) is 29.3 Å². The zero-order chi connectivity index (χ0) is 19.2. The van der Waals surface area contributed by atoms with E-state index in [4.69, 9.17) is 5.73 Å². The second-order valence-corrected chi connectivity index (χ2v) is 7.56. The van der Waals surface area contributed by atoms with E-state index in [1.165, 1.54) is 19.2 Å². The number of hydrogen-bond acceptors (Lipinski definition) is 7. The van der Waals surface area contributed by atoms with Gasteiger partial charge in [0.1, 0.15) is 0 Å². The molecule has 8 nitrogen and oxygen atoms in total. The Labute approximate surface area is 147 Å². The number of methoxy groups -OCH3 is 2. The number of nitrogens with one attached hydrogen (secondary N) is 1. The summed E-state index contributed by atoms with van der Waals surface area (Å²) in [5.41, 5.74) is 5.46. The molecule has 0 saturated heterocycles. The van der Waals surface area contributed by atoms with E-state index in [1.807, 2.05) is 13.8 Å². The first kappa shape index (κ1) is 21.1. The first-order valence-corrected chi connectivity index (χ1v) is 9.17. The van der Waals surface area contributed by atoms with Gasteiger partial charge in [0.2, 0.25) is 10.0 Å². The topological polar surface area (TPSA) is 125 Å². The van der Waals surface area contributed by atoms with Crippen molar-refractivity contribution < 1.29 is 27.5 Å². The zero-order valence-corrected chi connectivity index (χ0v) is 15.6. The molecule has 0 aliphatic heterocycles. The minimum absolute atomic E-state index is 0.00341. The number of rotatable bonds is 8. The van der Waals surface area contributed by atoms with E-state index in [0.717, 1.165) is 13.2 Å². The van der Waals surface area contributed by atoms with Crippen molar-refractivity contribution in [3.8, 4) is 0 Å². The monoisotopic (exact) mass is 372 g/mol. The SMILES string of the molecule is COC(=O)c1ccc(C(=O)OC)c(S(=O)(=O)NC(CN)CC(C)C)c1. The van der Waals surface area contributed by atoms with Gasteiger partial charge in [0.25, 0.3) is 0 Å². The number of nitrogens with two attached hydrogens (primary N) is 1. The van der Waals surface area contributed by atoms with Gasteiger partial charge < -0.3 is 15.2 Å². The molecule has 140 valence electrons. The van der Waals surface area contributed by atoms with Crippen molar-refractivity contribution in [2.45, 2.75) is 31.2 Å². The maximum atomic E-state index is 12.8. The van der Waals surface area contributed by atoms with Crippen LogP contribution in [-0.2, 0) is 19.5 Å². The van der Waals surface area contributed by atoms with Crippen molar-refractivity contribution in [1.29, 1.82) is 0 Å². The lowest BCUT2D eigenvalue weighted by Crippen LogP contribution is -2.41. The van der Waals surface area contributed by atoms with Crippen LogP contribution in [0.5, 0.6) is 0 Å². The van der Waals surface area contributed by atoms with Crippen LogP contribution in [0.2, 0.25) is 0 Å². The van der Waals surface area contributed by atoms with Crippen molar-refractivity contribution in [3.63, 3.8) is 0 Å². The Bertz CT molecular complexity index is 730. The van der Waals surface area contributed by atoms with Gasteiger partial charge in [0.15, 0.2) is 0 Å². The van der Waals surface area contributed by atoms with Gasteiger partial charge in [-0.3, -0.25) is 0 Å². The highest BCUT2D eigenvalue weighted by Crippen LogP contribution is 2.20. The van der Waals surface area contributed by atoms with E-state index < -0.39 is 28.0 Å². The number of carbonyl (C=O) groups is 2. The van der Waals surface area contributed by atoms with E-state index in [1.54, 1.807) is 0 Å². The summed E-state index contributed by atoms with van der Waals surface area (Å²) in [5.74, 6) is -1.33.